The maximum absolute atomic E-state index is 12.2. The number of hydrogen-bond donors (Lipinski definition) is 2. The second kappa shape index (κ2) is 6.76. The molecular formula is C15H18N4OS2. The Balaban J connectivity index is 1.67. The van der Waals surface area contributed by atoms with Crippen LogP contribution < -0.4 is 10.6 Å². The molecule has 5 nitrogen and oxygen atoms in total. The number of rotatable bonds is 4. The van der Waals surface area contributed by atoms with E-state index in [0.717, 1.165) is 45.0 Å². The highest BCUT2D eigenvalue weighted by molar-refractivity contribution is 8.01. The number of amides is 1. The lowest BCUT2D eigenvalue weighted by Gasteiger charge is -2.12. The summed E-state index contributed by atoms with van der Waals surface area (Å²) in [5.74, 6) is 0.186. The van der Waals surface area contributed by atoms with Crippen LogP contribution in [-0.4, -0.2) is 29.2 Å². The molecule has 1 amide bonds. The summed E-state index contributed by atoms with van der Waals surface area (Å²) in [4.78, 5) is 13.3. The van der Waals surface area contributed by atoms with Gasteiger partial charge in [-0.2, -0.15) is 0 Å². The van der Waals surface area contributed by atoms with Crippen molar-refractivity contribution in [2.45, 2.75) is 29.5 Å². The van der Waals surface area contributed by atoms with Crippen LogP contribution in [0, 0.1) is 19.8 Å². The van der Waals surface area contributed by atoms with Gasteiger partial charge in [-0.1, -0.05) is 23.1 Å². The molecule has 116 valence electrons. The predicted octanol–water partition coefficient (Wildman–Crippen LogP) is 2.85. The molecule has 1 aromatic carbocycles. The zero-order valence-electron chi connectivity index (χ0n) is 12.5. The van der Waals surface area contributed by atoms with E-state index in [4.69, 9.17) is 0 Å². The van der Waals surface area contributed by atoms with Crippen molar-refractivity contribution >= 4 is 34.7 Å². The summed E-state index contributed by atoms with van der Waals surface area (Å²) in [7, 11) is 0. The van der Waals surface area contributed by atoms with E-state index in [0.29, 0.717) is 0 Å². The lowest BCUT2D eigenvalue weighted by atomic mass is 10.1. The van der Waals surface area contributed by atoms with Gasteiger partial charge in [-0.3, -0.25) is 4.79 Å². The van der Waals surface area contributed by atoms with Crippen LogP contribution in [0.1, 0.15) is 17.0 Å². The lowest BCUT2D eigenvalue weighted by Crippen LogP contribution is -2.24. The van der Waals surface area contributed by atoms with Crippen molar-refractivity contribution in [1.29, 1.82) is 0 Å². The van der Waals surface area contributed by atoms with Gasteiger partial charge >= 0.3 is 0 Å². The van der Waals surface area contributed by atoms with E-state index in [1.807, 2.05) is 26.0 Å². The first kappa shape index (κ1) is 15.5. The van der Waals surface area contributed by atoms with Crippen molar-refractivity contribution in [3.05, 3.63) is 28.8 Å². The smallest absolute Gasteiger partial charge is 0.228 e. The molecule has 2 N–H and O–H groups in total. The van der Waals surface area contributed by atoms with Gasteiger partial charge in [0.25, 0.3) is 0 Å². The standard InChI is InChI=1S/C15H18N4OS2/c1-9-7-12(22-15-19-18-10(2)21-15)3-4-13(9)17-14(20)11-5-6-16-8-11/h3-4,7,11,16H,5-6,8H2,1-2H3,(H,17,20). The van der Waals surface area contributed by atoms with E-state index in [2.05, 4.69) is 26.9 Å². The molecule has 1 atom stereocenters. The molecule has 0 radical (unpaired) electrons. The molecule has 7 heteroatoms. The average Bonchev–Trinajstić information content (AvgIpc) is 3.13. The predicted molar refractivity (Wildman–Crippen MR) is 89.6 cm³/mol. The Kier molecular flexibility index (Phi) is 4.75. The fourth-order valence-corrected chi connectivity index (χ4v) is 4.26. The van der Waals surface area contributed by atoms with E-state index in [-0.39, 0.29) is 11.8 Å². The quantitative estimate of drug-likeness (QED) is 0.900. The van der Waals surface area contributed by atoms with Crippen molar-refractivity contribution in [3.63, 3.8) is 0 Å². The Hall–Kier alpha value is -1.44. The van der Waals surface area contributed by atoms with Crippen molar-refractivity contribution < 1.29 is 4.79 Å². The largest absolute Gasteiger partial charge is 0.326 e. The number of hydrogen-bond acceptors (Lipinski definition) is 6. The summed E-state index contributed by atoms with van der Waals surface area (Å²) in [5.41, 5.74) is 1.94. The van der Waals surface area contributed by atoms with Crippen molar-refractivity contribution in [3.8, 4) is 0 Å². The van der Waals surface area contributed by atoms with Gasteiger partial charge < -0.3 is 10.6 Å². The van der Waals surface area contributed by atoms with Gasteiger partial charge in [-0.25, -0.2) is 0 Å². The fraction of sp³-hybridized carbons (Fsp3) is 0.400. The second-order valence-electron chi connectivity index (χ2n) is 5.34. The molecule has 1 aliphatic rings. The van der Waals surface area contributed by atoms with Gasteiger partial charge in [0.2, 0.25) is 5.91 Å². The molecule has 2 heterocycles. The molecule has 1 saturated heterocycles. The first-order chi connectivity index (χ1) is 10.6. The molecule has 0 bridgehead atoms. The van der Waals surface area contributed by atoms with E-state index in [1.165, 1.54) is 0 Å². The van der Waals surface area contributed by atoms with Gasteiger partial charge in [0.15, 0.2) is 4.34 Å². The van der Waals surface area contributed by atoms with Crippen molar-refractivity contribution in [2.75, 3.05) is 18.4 Å². The van der Waals surface area contributed by atoms with Crippen molar-refractivity contribution in [2.24, 2.45) is 5.92 Å². The molecule has 1 fully saturated rings. The molecule has 22 heavy (non-hydrogen) atoms. The summed E-state index contributed by atoms with van der Waals surface area (Å²) in [6, 6.07) is 6.05. The van der Waals surface area contributed by atoms with Crippen LogP contribution in [0.15, 0.2) is 27.4 Å². The number of anilines is 1. The SMILES string of the molecule is Cc1nnc(Sc2ccc(NC(=O)C3CCNC3)c(C)c2)s1. The normalized spacial score (nSPS) is 17.6. The maximum Gasteiger partial charge on any atom is 0.228 e. The van der Waals surface area contributed by atoms with Gasteiger partial charge in [-0.05, 0) is 50.6 Å². The first-order valence-corrected chi connectivity index (χ1v) is 8.85. The minimum Gasteiger partial charge on any atom is -0.326 e. The molecule has 1 aliphatic heterocycles. The number of nitrogens with zero attached hydrogens (tertiary/aromatic N) is 2. The molecule has 2 aromatic rings. The maximum atomic E-state index is 12.2. The summed E-state index contributed by atoms with van der Waals surface area (Å²) >= 11 is 3.18. The Morgan fingerprint density at radius 3 is 2.91 bits per heavy atom. The highest BCUT2D eigenvalue weighted by Crippen LogP contribution is 2.32. The Morgan fingerprint density at radius 2 is 2.27 bits per heavy atom. The third kappa shape index (κ3) is 3.66. The number of benzene rings is 1. The van der Waals surface area contributed by atoms with Gasteiger partial charge in [0, 0.05) is 17.1 Å². The van der Waals surface area contributed by atoms with Gasteiger partial charge in [0.05, 0.1) is 5.92 Å². The minimum absolute atomic E-state index is 0.0813. The van der Waals surface area contributed by atoms with E-state index in [9.17, 15) is 4.79 Å². The van der Waals surface area contributed by atoms with Crippen LogP contribution in [0.3, 0.4) is 0 Å². The minimum atomic E-state index is 0.0813. The topological polar surface area (TPSA) is 66.9 Å². The van der Waals surface area contributed by atoms with Crippen LogP contribution in [-0.2, 0) is 4.79 Å². The van der Waals surface area contributed by atoms with Crippen LogP contribution >= 0.6 is 23.1 Å². The van der Waals surface area contributed by atoms with Crippen LogP contribution in [0.4, 0.5) is 5.69 Å². The van der Waals surface area contributed by atoms with E-state index < -0.39 is 0 Å². The molecule has 0 aliphatic carbocycles. The lowest BCUT2D eigenvalue weighted by molar-refractivity contribution is -0.119. The number of aryl methyl sites for hydroxylation is 2. The first-order valence-electron chi connectivity index (χ1n) is 7.22. The summed E-state index contributed by atoms with van der Waals surface area (Å²) < 4.78 is 0.936. The zero-order chi connectivity index (χ0) is 15.5. The second-order valence-corrected chi connectivity index (χ2v) is 7.85. The number of nitrogens with one attached hydrogen (secondary N) is 2. The summed E-state index contributed by atoms with van der Waals surface area (Å²) in [5, 5.41) is 15.4. The molecule has 1 unspecified atom stereocenters. The van der Waals surface area contributed by atoms with Crippen LogP contribution in [0.5, 0.6) is 0 Å². The van der Waals surface area contributed by atoms with Gasteiger partial charge in [-0.15, -0.1) is 10.2 Å². The third-order valence-corrected chi connectivity index (χ3v) is 5.48. The number of carbonyl (C=O) groups excluding carboxylic acids is 1. The number of carbonyl (C=O) groups is 1. The Bertz CT molecular complexity index is 680. The fourth-order valence-electron chi connectivity index (χ4n) is 2.37. The Labute approximate surface area is 137 Å². The van der Waals surface area contributed by atoms with E-state index >= 15 is 0 Å². The molecule has 0 spiro atoms. The molecular weight excluding hydrogens is 316 g/mol. The van der Waals surface area contributed by atoms with Crippen LogP contribution in [0.25, 0.3) is 0 Å². The average molecular weight is 334 g/mol. The van der Waals surface area contributed by atoms with Crippen LogP contribution in [0.2, 0.25) is 0 Å². The monoisotopic (exact) mass is 334 g/mol. The van der Waals surface area contributed by atoms with Gasteiger partial charge in [0.1, 0.15) is 5.01 Å². The highest BCUT2D eigenvalue weighted by Gasteiger charge is 2.22. The summed E-state index contributed by atoms with van der Waals surface area (Å²) in [6.07, 6.45) is 0.912. The molecule has 3 rings (SSSR count). The Morgan fingerprint density at radius 1 is 1.41 bits per heavy atom. The molecule has 1 aromatic heterocycles. The number of aromatic nitrogens is 2. The highest BCUT2D eigenvalue weighted by atomic mass is 32.2. The van der Waals surface area contributed by atoms with Crippen molar-refractivity contribution in [1.82, 2.24) is 15.5 Å². The van der Waals surface area contributed by atoms with E-state index in [1.54, 1.807) is 23.1 Å². The zero-order valence-corrected chi connectivity index (χ0v) is 14.2. The molecule has 0 saturated carbocycles. The third-order valence-electron chi connectivity index (χ3n) is 3.60. The summed E-state index contributed by atoms with van der Waals surface area (Å²) in [6.45, 7) is 5.66.